The number of hydrogen-bond donors (Lipinski definition) is 1. The minimum atomic E-state index is -3.91. The molecule has 18 heavy (non-hydrogen) atoms. The van der Waals surface area contributed by atoms with Crippen molar-refractivity contribution in [2.24, 2.45) is 0 Å². The number of carboxylic acids is 1. The lowest BCUT2D eigenvalue weighted by Gasteiger charge is -2.26. The third-order valence-electron chi connectivity index (χ3n) is 3.05. The first kappa shape index (κ1) is 12.5. The molecule has 0 unspecified atom stereocenters. The van der Waals surface area contributed by atoms with Crippen LogP contribution in [0, 0.1) is 0 Å². The smallest absolute Gasteiger partial charge is 0.379 e. The van der Waals surface area contributed by atoms with Gasteiger partial charge in [-0.1, -0.05) is 6.07 Å². The molecular weight excluding hydrogens is 244 g/mol. The molecule has 1 aromatic rings. The number of fused-ring (bicyclic) bond motifs is 1. The molecule has 0 spiro atoms. The van der Waals surface area contributed by atoms with E-state index in [0.29, 0.717) is 17.7 Å². The Labute approximate surface area is 102 Å². The van der Waals surface area contributed by atoms with Crippen LogP contribution in [0.4, 0.5) is 14.5 Å². The highest BCUT2D eigenvalue weighted by molar-refractivity contribution is 5.96. The van der Waals surface area contributed by atoms with Crippen molar-refractivity contribution in [3.05, 3.63) is 29.3 Å². The summed E-state index contributed by atoms with van der Waals surface area (Å²) in [5, 5.41) is 8.48. The number of benzene rings is 1. The number of anilines is 1. The van der Waals surface area contributed by atoms with Crippen LogP contribution < -0.4 is 4.90 Å². The summed E-state index contributed by atoms with van der Waals surface area (Å²) >= 11 is 0. The standard InChI is InChI=1S/C12H11F2NO3/c1-15-9-4-3-8(12(13,14)11(17)18)6-7(9)2-5-10(15)16/h3-4,6H,2,5H2,1H3,(H,17,18). The first-order chi connectivity index (χ1) is 8.34. The Hall–Kier alpha value is -1.98. The summed E-state index contributed by atoms with van der Waals surface area (Å²) in [4.78, 5) is 23.3. The van der Waals surface area contributed by atoms with E-state index in [1.165, 1.54) is 11.0 Å². The number of halogens is 2. The van der Waals surface area contributed by atoms with Crippen LogP contribution in [0.3, 0.4) is 0 Å². The molecule has 0 atom stereocenters. The third kappa shape index (κ3) is 1.83. The van der Waals surface area contributed by atoms with Gasteiger partial charge in [-0.05, 0) is 24.1 Å². The van der Waals surface area contributed by atoms with Crippen LogP contribution in [0.25, 0.3) is 0 Å². The highest BCUT2D eigenvalue weighted by atomic mass is 19.3. The molecule has 0 saturated heterocycles. The first-order valence-electron chi connectivity index (χ1n) is 5.35. The van der Waals surface area contributed by atoms with Gasteiger partial charge in [-0.15, -0.1) is 0 Å². The number of aryl methyl sites for hydroxylation is 1. The van der Waals surface area contributed by atoms with Crippen LogP contribution in [0.15, 0.2) is 18.2 Å². The average Bonchev–Trinajstić information content (AvgIpc) is 2.33. The quantitative estimate of drug-likeness (QED) is 0.876. The predicted octanol–water partition coefficient (Wildman–Crippen LogP) is 1.77. The number of hydrogen-bond acceptors (Lipinski definition) is 2. The molecule has 0 aromatic heterocycles. The zero-order valence-electron chi connectivity index (χ0n) is 9.61. The lowest BCUT2D eigenvalue weighted by molar-refractivity contribution is -0.166. The highest BCUT2D eigenvalue weighted by Crippen LogP contribution is 2.34. The van der Waals surface area contributed by atoms with Crippen LogP contribution >= 0.6 is 0 Å². The van der Waals surface area contributed by atoms with Gasteiger partial charge in [-0.2, -0.15) is 8.78 Å². The molecule has 1 aliphatic heterocycles. The molecule has 0 radical (unpaired) electrons. The van der Waals surface area contributed by atoms with Crippen molar-refractivity contribution in [3.63, 3.8) is 0 Å². The maximum atomic E-state index is 13.3. The van der Waals surface area contributed by atoms with Gasteiger partial charge in [0.2, 0.25) is 5.91 Å². The Bertz CT molecular complexity index is 528. The van der Waals surface area contributed by atoms with Gasteiger partial charge in [-0.25, -0.2) is 4.79 Å². The van der Waals surface area contributed by atoms with E-state index >= 15 is 0 Å². The Morgan fingerprint density at radius 2 is 2.06 bits per heavy atom. The monoisotopic (exact) mass is 255 g/mol. The minimum absolute atomic E-state index is 0.0831. The van der Waals surface area contributed by atoms with Gasteiger partial charge in [0.25, 0.3) is 0 Å². The Morgan fingerprint density at radius 3 is 2.67 bits per heavy atom. The van der Waals surface area contributed by atoms with E-state index in [-0.39, 0.29) is 12.3 Å². The summed E-state index contributed by atoms with van der Waals surface area (Å²) in [6.07, 6.45) is 0.591. The number of rotatable bonds is 2. The molecule has 0 saturated carbocycles. The molecule has 1 N–H and O–H groups in total. The van der Waals surface area contributed by atoms with Crippen LogP contribution in [0.5, 0.6) is 0 Å². The Morgan fingerprint density at radius 1 is 1.39 bits per heavy atom. The van der Waals surface area contributed by atoms with E-state index in [9.17, 15) is 18.4 Å². The van der Waals surface area contributed by atoms with Crippen LogP contribution in [-0.2, 0) is 21.9 Å². The highest BCUT2D eigenvalue weighted by Gasteiger charge is 2.41. The molecule has 1 aliphatic rings. The molecule has 96 valence electrons. The molecule has 4 nitrogen and oxygen atoms in total. The normalized spacial score (nSPS) is 15.5. The molecule has 0 aliphatic carbocycles. The zero-order valence-corrected chi connectivity index (χ0v) is 9.61. The minimum Gasteiger partial charge on any atom is -0.477 e. The molecule has 1 aromatic carbocycles. The van der Waals surface area contributed by atoms with E-state index in [0.717, 1.165) is 12.1 Å². The van der Waals surface area contributed by atoms with Gasteiger partial charge in [0.15, 0.2) is 0 Å². The lowest BCUT2D eigenvalue weighted by atomic mass is 9.97. The summed E-state index contributed by atoms with van der Waals surface area (Å²) < 4.78 is 26.7. The van der Waals surface area contributed by atoms with Crippen molar-refractivity contribution in [2.75, 3.05) is 11.9 Å². The fourth-order valence-corrected chi connectivity index (χ4v) is 1.98. The maximum Gasteiger partial charge on any atom is 0.379 e. The van der Waals surface area contributed by atoms with Crippen molar-refractivity contribution < 1.29 is 23.5 Å². The van der Waals surface area contributed by atoms with Gasteiger partial charge < -0.3 is 10.0 Å². The van der Waals surface area contributed by atoms with Crippen LogP contribution in [-0.4, -0.2) is 24.0 Å². The fraction of sp³-hybridized carbons (Fsp3) is 0.333. The Kier molecular flexibility index (Phi) is 2.80. The average molecular weight is 255 g/mol. The number of amides is 1. The summed E-state index contributed by atoms with van der Waals surface area (Å²) in [6.45, 7) is 0. The van der Waals surface area contributed by atoms with Crippen LogP contribution in [0.2, 0.25) is 0 Å². The molecule has 0 fully saturated rings. The number of nitrogens with zero attached hydrogens (tertiary/aromatic N) is 1. The fourth-order valence-electron chi connectivity index (χ4n) is 1.98. The summed E-state index contributed by atoms with van der Waals surface area (Å²) in [7, 11) is 1.56. The number of aliphatic carboxylic acids is 1. The van der Waals surface area contributed by atoms with E-state index in [1.807, 2.05) is 0 Å². The van der Waals surface area contributed by atoms with E-state index in [2.05, 4.69) is 0 Å². The van der Waals surface area contributed by atoms with Crippen molar-refractivity contribution >= 4 is 17.6 Å². The van der Waals surface area contributed by atoms with Crippen molar-refractivity contribution in [1.29, 1.82) is 0 Å². The Balaban J connectivity index is 2.46. The third-order valence-corrected chi connectivity index (χ3v) is 3.05. The molecule has 0 bridgehead atoms. The van der Waals surface area contributed by atoms with E-state index < -0.39 is 17.5 Å². The molecule has 1 amide bonds. The van der Waals surface area contributed by atoms with Gasteiger partial charge >= 0.3 is 11.9 Å². The second-order valence-electron chi connectivity index (χ2n) is 4.18. The van der Waals surface area contributed by atoms with E-state index in [1.54, 1.807) is 7.05 Å². The second kappa shape index (κ2) is 4.04. The molecular formula is C12H11F2NO3. The van der Waals surface area contributed by atoms with Gasteiger partial charge in [0.05, 0.1) is 0 Å². The largest absolute Gasteiger partial charge is 0.477 e. The van der Waals surface area contributed by atoms with Crippen molar-refractivity contribution in [3.8, 4) is 0 Å². The van der Waals surface area contributed by atoms with Crippen LogP contribution in [0.1, 0.15) is 17.5 Å². The molecule has 1 heterocycles. The number of carbonyl (C=O) groups excluding carboxylic acids is 1. The summed E-state index contributed by atoms with van der Waals surface area (Å²) in [5.74, 6) is -6.17. The summed E-state index contributed by atoms with van der Waals surface area (Å²) in [5.41, 5.74) is 0.559. The van der Waals surface area contributed by atoms with Crippen molar-refractivity contribution in [2.45, 2.75) is 18.8 Å². The lowest BCUT2D eigenvalue weighted by Crippen LogP contribution is -2.32. The molecule has 2 rings (SSSR count). The van der Waals surface area contributed by atoms with Gasteiger partial charge in [-0.3, -0.25) is 4.79 Å². The zero-order chi connectivity index (χ0) is 13.5. The predicted molar refractivity (Wildman–Crippen MR) is 59.7 cm³/mol. The number of carbonyl (C=O) groups is 2. The number of carboxylic acid groups (broad SMARTS) is 1. The van der Waals surface area contributed by atoms with Gasteiger partial charge in [0.1, 0.15) is 0 Å². The molecule has 6 heteroatoms. The van der Waals surface area contributed by atoms with Crippen molar-refractivity contribution in [1.82, 2.24) is 0 Å². The topological polar surface area (TPSA) is 57.6 Å². The van der Waals surface area contributed by atoms with E-state index in [4.69, 9.17) is 5.11 Å². The first-order valence-corrected chi connectivity index (χ1v) is 5.35. The SMILES string of the molecule is CN1C(=O)CCc2cc(C(F)(F)C(=O)O)ccc21. The summed E-state index contributed by atoms with van der Waals surface area (Å²) in [6, 6.07) is 3.56. The maximum absolute atomic E-state index is 13.3. The van der Waals surface area contributed by atoms with Gasteiger partial charge in [0, 0.05) is 24.7 Å². The number of alkyl halides is 2. The second-order valence-corrected chi connectivity index (χ2v) is 4.18.